The van der Waals surface area contributed by atoms with Gasteiger partial charge in [-0.3, -0.25) is 4.57 Å². The molecule has 0 bridgehead atoms. The van der Waals surface area contributed by atoms with Crippen LogP contribution < -0.4 is 0 Å². The van der Waals surface area contributed by atoms with E-state index in [1.165, 1.54) is 11.3 Å². The van der Waals surface area contributed by atoms with Crippen LogP contribution in [0.1, 0.15) is 10.4 Å². The number of rotatable bonds is 2. The molecule has 1 aromatic carbocycles. The third kappa shape index (κ3) is 1.52. The van der Waals surface area contributed by atoms with Crippen LogP contribution in [0.4, 0.5) is 0 Å². The lowest BCUT2D eigenvalue weighted by atomic mass is 10.2. The summed E-state index contributed by atoms with van der Waals surface area (Å²) >= 11 is 1.47. The molecule has 0 aliphatic rings. The molecule has 0 spiro atoms. The molecule has 1 N–H and O–H groups in total. The average Bonchev–Trinajstić information content (AvgIpc) is 2.95. The minimum atomic E-state index is -0.920. The molecule has 0 aliphatic heterocycles. The van der Waals surface area contributed by atoms with E-state index < -0.39 is 5.97 Å². The smallest absolute Gasteiger partial charge is 0.337 e. The fraction of sp³-hybridized carbons (Fsp3) is 0. The van der Waals surface area contributed by atoms with Crippen LogP contribution in [0.5, 0.6) is 0 Å². The molecule has 4 nitrogen and oxygen atoms in total. The van der Waals surface area contributed by atoms with Crippen molar-refractivity contribution in [3.8, 4) is 5.13 Å². The van der Waals surface area contributed by atoms with Crippen LogP contribution in [0.3, 0.4) is 0 Å². The molecule has 0 aliphatic carbocycles. The maximum Gasteiger partial charge on any atom is 0.337 e. The summed E-state index contributed by atoms with van der Waals surface area (Å²) in [5, 5.41) is 12.5. The fourth-order valence-corrected chi connectivity index (χ4v) is 2.47. The first kappa shape index (κ1) is 10.0. The summed E-state index contributed by atoms with van der Waals surface area (Å²) in [4.78, 5) is 15.4. The lowest BCUT2D eigenvalue weighted by Crippen LogP contribution is -1.94. The van der Waals surface area contributed by atoms with Gasteiger partial charge in [0.15, 0.2) is 5.13 Å². The Morgan fingerprint density at radius 3 is 2.88 bits per heavy atom. The van der Waals surface area contributed by atoms with Gasteiger partial charge in [0.05, 0.1) is 11.1 Å². The van der Waals surface area contributed by atoms with E-state index in [4.69, 9.17) is 5.11 Å². The highest BCUT2D eigenvalue weighted by Gasteiger charge is 2.15. The number of carboxylic acid groups (broad SMARTS) is 1. The van der Waals surface area contributed by atoms with Gasteiger partial charge in [0, 0.05) is 23.2 Å². The number of hydrogen-bond donors (Lipinski definition) is 1. The number of thiazole rings is 1. The number of carbonyl (C=O) groups is 1. The molecule has 2 aromatic heterocycles. The van der Waals surface area contributed by atoms with Gasteiger partial charge in [0.1, 0.15) is 0 Å². The van der Waals surface area contributed by atoms with Crippen molar-refractivity contribution in [3.63, 3.8) is 0 Å². The molecule has 2 heterocycles. The minimum absolute atomic E-state index is 0.302. The second kappa shape index (κ2) is 3.71. The molecular formula is C12H8N2O2S. The van der Waals surface area contributed by atoms with E-state index in [1.54, 1.807) is 12.4 Å². The Morgan fingerprint density at radius 2 is 2.18 bits per heavy atom. The minimum Gasteiger partial charge on any atom is -0.478 e. The second-order valence-corrected chi connectivity index (χ2v) is 4.42. The number of aromatic carboxylic acids is 1. The number of aromatic nitrogens is 2. The van der Waals surface area contributed by atoms with Crippen molar-refractivity contribution < 1.29 is 9.90 Å². The van der Waals surface area contributed by atoms with Gasteiger partial charge in [-0.05, 0) is 6.07 Å². The maximum absolute atomic E-state index is 11.2. The first-order chi connectivity index (χ1) is 8.27. The van der Waals surface area contributed by atoms with Crippen LogP contribution in [0, 0.1) is 0 Å². The van der Waals surface area contributed by atoms with Crippen LogP contribution in [-0.2, 0) is 0 Å². The number of fused-ring (bicyclic) bond motifs is 1. The monoisotopic (exact) mass is 244 g/mol. The quantitative estimate of drug-likeness (QED) is 0.754. The molecule has 3 aromatic rings. The van der Waals surface area contributed by atoms with Crippen LogP contribution >= 0.6 is 11.3 Å². The Hall–Kier alpha value is -2.14. The van der Waals surface area contributed by atoms with Crippen LogP contribution in [-0.4, -0.2) is 20.6 Å². The molecule has 0 saturated heterocycles. The summed E-state index contributed by atoms with van der Waals surface area (Å²) in [6, 6.07) is 7.42. The van der Waals surface area contributed by atoms with E-state index in [9.17, 15) is 4.79 Å². The van der Waals surface area contributed by atoms with E-state index in [-0.39, 0.29) is 0 Å². The molecule has 84 valence electrons. The van der Waals surface area contributed by atoms with Gasteiger partial charge in [-0.15, -0.1) is 11.3 Å². The first-order valence-electron chi connectivity index (χ1n) is 5.00. The molecule has 0 amide bonds. The van der Waals surface area contributed by atoms with Crippen molar-refractivity contribution in [2.24, 2.45) is 0 Å². The van der Waals surface area contributed by atoms with Gasteiger partial charge in [-0.25, -0.2) is 9.78 Å². The summed E-state index contributed by atoms with van der Waals surface area (Å²) in [7, 11) is 0. The van der Waals surface area contributed by atoms with Gasteiger partial charge < -0.3 is 5.11 Å². The lowest BCUT2D eigenvalue weighted by Gasteiger charge is -1.98. The summed E-state index contributed by atoms with van der Waals surface area (Å²) in [5.41, 5.74) is 1.16. The van der Waals surface area contributed by atoms with Crippen molar-refractivity contribution in [2.75, 3.05) is 0 Å². The highest BCUT2D eigenvalue weighted by Crippen LogP contribution is 2.25. The van der Waals surface area contributed by atoms with Crippen molar-refractivity contribution in [1.29, 1.82) is 0 Å². The summed E-state index contributed by atoms with van der Waals surface area (Å²) in [5.74, 6) is -0.920. The molecule has 0 radical (unpaired) electrons. The van der Waals surface area contributed by atoms with Crippen molar-refractivity contribution in [3.05, 3.63) is 47.6 Å². The Labute approximate surface area is 101 Å². The molecule has 0 saturated carbocycles. The lowest BCUT2D eigenvalue weighted by molar-refractivity contribution is 0.0699. The number of carboxylic acids is 1. The van der Waals surface area contributed by atoms with E-state index in [1.807, 2.05) is 34.2 Å². The third-order valence-electron chi connectivity index (χ3n) is 2.57. The molecule has 17 heavy (non-hydrogen) atoms. The fourth-order valence-electron chi connectivity index (χ4n) is 1.84. The Morgan fingerprint density at radius 1 is 1.35 bits per heavy atom. The van der Waals surface area contributed by atoms with Crippen LogP contribution in [0.15, 0.2) is 42.0 Å². The van der Waals surface area contributed by atoms with Gasteiger partial charge in [-0.2, -0.15) is 0 Å². The number of para-hydroxylation sites is 1. The van der Waals surface area contributed by atoms with Crippen molar-refractivity contribution in [2.45, 2.75) is 0 Å². The second-order valence-electron chi connectivity index (χ2n) is 3.55. The zero-order valence-corrected chi connectivity index (χ0v) is 9.52. The van der Waals surface area contributed by atoms with Crippen molar-refractivity contribution >= 4 is 28.2 Å². The SMILES string of the molecule is O=C(O)c1cn(-c2nccs2)c2ccccc12. The Balaban J connectivity index is 2.37. The molecule has 0 fully saturated rings. The Bertz CT molecular complexity index is 686. The van der Waals surface area contributed by atoms with Gasteiger partial charge >= 0.3 is 5.97 Å². The number of nitrogens with zero attached hydrogens (tertiary/aromatic N) is 2. The average molecular weight is 244 g/mol. The topological polar surface area (TPSA) is 55.1 Å². The molecule has 3 rings (SSSR count). The normalized spacial score (nSPS) is 10.8. The maximum atomic E-state index is 11.2. The van der Waals surface area contributed by atoms with Gasteiger partial charge in [0.25, 0.3) is 0 Å². The standard InChI is InChI=1S/C12H8N2O2S/c15-11(16)9-7-14(12-13-5-6-17-12)10-4-2-1-3-8(9)10/h1-7H,(H,15,16). The summed E-state index contributed by atoms with van der Waals surface area (Å²) in [6.07, 6.45) is 3.32. The predicted octanol–water partition coefficient (Wildman–Crippen LogP) is 2.79. The predicted molar refractivity (Wildman–Crippen MR) is 65.9 cm³/mol. The molecular weight excluding hydrogens is 236 g/mol. The highest BCUT2D eigenvalue weighted by atomic mass is 32.1. The van der Waals surface area contributed by atoms with Gasteiger partial charge in [0.2, 0.25) is 0 Å². The third-order valence-corrected chi connectivity index (χ3v) is 3.34. The van der Waals surface area contributed by atoms with Crippen molar-refractivity contribution in [1.82, 2.24) is 9.55 Å². The first-order valence-corrected chi connectivity index (χ1v) is 5.88. The van der Waals surface area contributed by atoms with E-state index in [2.05, 4.69) is 4.98 Å². The van der Waals surface area contributed by atoms with E-state index in [0.29, 0.717) is 5.56 Å². The zero-order chi connectivity index (χ0) is 11.8. The number of hydrogen-bond acceptors (Lipinski definition) is 3. The van der Waals surface area contributed by atoms with Gasteiger partial charge in [-0.1, -0.05) is 18.2 Å². The molecule has 0 unspecified atom stereocenters. The van der Waals surface area contributed by atoms with Crippen LogP contribution in [0.25, 0.3) is 16.0 Å². The van der Waals surface area contributed by atoms with E-state index >= 15 is 0 Å². The molecule has 5 heteroatoms. The Kier molecular flexibility index (Phi) is 2.19. The largest absolute Gasteiger partial charge is 0.478 e. The highest BCUT2D eigenvalue weighted by molar-refractivity contribution is 7.12. The summed E-state index contributed by atoms with van der Waals surface area (Å²) in [6.45, 7) is 0. The van der Waals surface area contributed by atoms with E-state index in [0.717, 1.165) is 16.0 Å². The zero-order valence-electron chi connectivity index (χ0n) is 8.70. The van der Waals surface area contributed by atoms with Crippen LogP contribution in [0.2, 0.25) is 0 Å². The number of benzene rings is 1. The molecule has 0 atom stereocenters. The summed E-state index contributed by atoms with van der Waals surface area (Å²) < 4.78 is 1.81.